The van der Waals surface area contributed by atoms with E-state index >= 15 is 0 Å². The van der Waals surface area contributed by atoms with Crippen molar-refractivity contribution in [3.8, 4) is 11.3 Å². The molecule has 4 rings (SSSR count). The summed E-state index contributed by atoms with van der Waals surface area (Å²) >= 11 is 1.46. The van der Waals surface area contributed by atoms with Crippen LogP contribution in [0.3, 0.4) is 0 Å². The molecule has 0 bridgehead atoms. The molecule has 2 aromatic heterocycles. The number of methoxy groups -OCH3 is 1. The molecule has 8 heteroatoms. The van der Waals surface area contributed by atoms with E-state index in [0.29, 0.717) is 11.7 Å². The van der Waals surface area contributed by atoms with Gasteiger partial charge in [-0.1, -0.05) is 18.2 Å². The van der Waals surface area contributed by atoms with Crippen LogP contribution >= 0.6 is 11.3 Å². The van der Waals surface area contributed by atoms with Crippen LogP contribution in [0.15, 0.2) is 35.8 Å². The molecule has 3 aromatic rings. The van der Waals surface area contributed by atoms with E-state index in [2.05, 4.69) is 31.2 Å². The zero-order chi connectivity index (χ0) is 19.3. The number of carbonyl (C=O) groups excluding carboxylic acids is 1. The van der Waals surface area contributed by atoms with E-state index in [-0.39, 0.29) is 5.91 Å². The number of aromatic amines is 1. The van der Waals surface area contributed by atoms with Crippen molar-refractivity contribution in [1.82, 2.24) is 19.8 Å². The number of carbonyl (C=O) groups is 1. The summed E-state index contributed by atoms with van der Waals surface area (Å²) in [5.41, 5.74) is 3.02. The topological polar surface area (TPSA) is 73.5 Å². The number of fused-ring (bicyclic) bond motifs is 1. The number of nitrogens with one attached hydrogen (secondary N) is 2. The summed E-state index contributed by atoms with van der Waals surface area (Å²) in [5, 5.41) is 6.71. The molecule has 1 amide bonds. The van der Waals surface area contributed by atoms with Crippen LogP contribution in [0.25, 0.3) is 22.2 Å². The van der Waals surface area contributed by atoms with Gasteiger partial charge >= 0.3 is 0 Å². The van der Waals surface area contributed by atoms with Gasteiger partial charge in [-0.05, 0) is 6.07 Å². The molecule has 1 fully saturated rings. The van der Waals surface area contributed by atoms with Crippen molar-refractivity contribution in [2.24, 2.45) is 0 Å². The van der Waals surface area contributed by atoms with Crippen molar-refractivity contribution < 1.29 is 9.53 Å². The molecule has 1 aromatic carbocycles. The van der Waals surface area contributed by atoms with Crippen molar-refractivity contribution in [1.29, 1.82) is 0 Å². The number of piperazine rings is 1. The Morgan fingerprint density at radius 3 is 2.86 bits per heavy atom. The zero-order valence-electron chi connectivity index (χ0n) is 16.0. The first-order valence-electron chi connectivity index (χ1n) is 9.48. The maximum atomic E-state index is 12.4. The first kappa shape index (κ1) is 19.1. The van der Waals surface area contributed by atoms with Gasteiger partial charge < -0.3 is 15.0 Å². The van der Waals surface area contributed by atoms with Crippen LogP contribution in [0.1, 0.15) is 0 Å². The Hall–Kier alpha value is -2.26. The van der Waals surface area contributed by atoms with Gasteiger partial charge in [0.1, 0.15) is 0 Å². The SMILES string of the molecule is COCCN1CCN(CC(=O)Nc2nc(-c3c[nH]c4ccccc34)cs2)CC1. The van der Waals surface area contributed by atoms with E-state index in [4.69, 9.17) is 4.74 Å². The number of hydrogen-bond acceptors (Lipinski definition) is 6. The monoisotopic (exact) mass is 399 g/mol. The molecule has 1 aliphatic heterocycles. The van der Waals surface area contributed by atoms with Crippen molar-refractivity contribution in [3.05, 3.63) is 35.8 Å². The Labute approximate surface area is 168 Å². The van der Waals surface area contributed by atoms with Crippen LogP contribution in [-0.2, 0) is 9.53 Å². The molecule has 1 aliphatic rings. The fourth-order valence-corrected chi connectivity index (χ4v) is 4.22. The number of hydrogen-bond donors (Lipinski definition) is 2. The Morgan fingerprint density at radius 1 is 1.25 bits per heavy atom. The summed E-state index contributed by atoms with van der Waals surface area (Å²) < 4.78 is 5.13. The number of benzene rings is 1. The number of para-hydroxylation sites is 1. The average molecular weight is 400 g/mol. The predicted molar refractivity (Wildman–Crippen MR) is 113 cm³/mol. The van der Waals surface area contributed by atoms with Crippen LogP contribution in [0.5, 0.6) is 0 Å². The minimum absolute atomic E-state index is 0.00910. The lowest BCUT2D eigenvalue weighted by Crippen LogP contribution is -2.49. The molecule has 0 aliphatic carbocycles. The van der Waals surface area contributed by atoms with Crippen LogP contribution in [0.2, 0.25) is 0 Å². The van der Waals surface area contributed by atoms with Gasteiger partial charge in [-0.15, -0.1) is 11.3 Å². The fourth-order valence-electron chi connectivity index (χ4n) is 3.49. The second-order valence-electron chi connectivity index (χ2n) is 6.94. The average Bonchev–Trinajstić information content (AvgIpc) is 3.34. The van der Waals surface area contributed by atoms with E-state index < -0.39 is 0 Å². The maximum Gasteiger partial charge on any atom is 0.240 e. The van der Waals surface area contributed by atoms with Crippen LogP contribution in [0, 0.1) is 0 Å². The molecule has 0 spiro atoms. The number of nitrogens with zero attached hydrogens (tertiary/aromatic N) is 3. The van der Waals surface area contributed by atoms with Crippen molar-refractivity contribution in [2.45, 2.75) is 0 Å². The summed E-state index contributed by atoms with van der Waals surface area (Å²) in [7, 11) is 1.73. The van der Waals surface area contributed by atoms with E-state index in [9.17, 15) is 4.79 Å². The standard InChI is InChI=1S/C20H25N5O2S/c1-27-11-10-24-6-8-25(9-7-24)13-19(26)23-20-22-18(14-28-20)16-12-21-17-5-3-2-4-15(16)17/h2-5,12,14,21H,6-11,13H2,1H3,(H,22,23,26). The highest BCUT2D eigenvalue weighted by Gasteiger charge is 2.19. The summed E-state index contributed by atoms with van der Waals surface area (Å²) in [6.07, 6.45) is 1.97. The summed E-state index contributed by atoms with van der Waals surface area (Å²) in [5.74, 6) is -0.00910. The Bertz CT molecular complexity index is 929. The molecule has 0 atom stereocenters. The zero-order valence-corrected chi connectivity index (χ0v) is 16.8. The molecule has 1 saturated heterocycles. The second-order valence-corrected chi connectivity index (χ2v) is 7.80. The Balaban J connectivity index is 1.31. The van der Waals surface area contributed by atoms with Gasteiger partial charge in [-0.25, -0.2) is 4.98 Å². The third kappa shape index (κ3) is 4.41. The van der Waals surface area contributed by atoms with E-state index in [1.165, 1.54) is 11.3 Å². The van der Waals surface area contributed by atoms with Gasteiger partial charge in [0.25, 0.3) is 0 Å². The quantitative estimate of drug-likeness (QED) is 0.639. The molecule has 0 unspecified atom stereocenters. The number of aromatic nitrogens is 2. The maximum absolute atomic E-state index is 12.4. The number of H-pyrrole nitrogens is 1. The predicted octanol–water partition coefficient (Wildman–Crippen LogP) is 2.49. The lowest BCUT2D eigenvalue weighted by Gasteiger charge is -2.33. The lowest BCUT2D eigenvalue weighted by atomic mass is 10.1. The highest BCUT2D eigenvalue weighted by molar-refractivity contribution is 7.14. The number of anilines is 1. The van der Waals surface area contributed by atoms with E-state index in [0.717, 1.165) is 61.5 Å². The lowest BCUT2D eigenvalue weighted by molar-refractivity contribution is -0.117. The molecule has 7 nitrogen and oxygen atoms in total. The molecular formula is C20H25N5O2S. The second kappa shape index (κ2) is 8.83. The van der Waals surface area contributed by atoms with Gasteiger partial charge in [-0.2, -0.15) is 0 Å². The third-order valence-corrected chi connectivity index (χ3v) is 5.82. The number of ether oxygens (including phenoxy) is 1. The number of thiazole rings is 1. The molecule has 0 saturated carbocycles. The van der Waals surface area contributed by atoms with Gasteiger partial charge in [-0.3, -0.25) is 14.6 Å². The van der Waals surface area contributed by atoms with Crippen molar-refractivity contribution in [3.63, 3.8) is 0 Å². The van der Waals surface area contributed by atoms with Crippen LogP contribution < -0.4 is 5.32 Å². The fraction of sp³-hybridized carbons (Fsp3) is 0.400. The van der Waals surface area contributed by atoms with Crippen LogP contribution in [0.4, 0.5) is 5.13 Å². The van der Waals surface area contributed by atoms with Crippen LogP contribution in [-0.4, -0.2) is 78.7 Å². The van der Waals surface area contributed by atoms with Gasteiger partial charge in [0, 0.05) is 67.9 Å². The Kier molecular flexibility index (Phi) is 6.01. The van der Waals surface area contributed by atoms with Gasteiger partial charge in [0.15, 0.2) is 5.13 Å². The number of amides is 1. The molecule has 2 N–H and O–H groups in total. The molecular weight excluding hydrogens is 374 g/mol. The van der Waals surface area contributed by atoms with Crippen molar-refractivity contribution >= 4 is 33.3 Å². The smallest absolute Gasteiger partial charge is 0.240 e. The van der Waals surface area contributed by atoms with E-state index in [1.807, 2.05) is 29.8 Å². The van der Waals surface area contributed by atoms with Gasteiger partial charge in [0.2, 0.25) is 5.91 Å². The highest BCUT2D eigenvalue weighted by atomic mass is 32.1. The summed E-state index contributed by atoms with van der Waals surface area (Å²) in [4.78, 5) is 24.8. The largest absolute Gasteiger partial charge is 0.383 e. The minimum Gasteiger partial charge on any atom is -0.383 e. The van der Waals surface area contributed by atoms with Gasteiger partial charge in [0.05, 0.1) is 18.8 Å². The highest BCUT2D eigenvalue weighted by Crippen LogP contribution is 2.30. The molecule has 3 heterocycles. The minimum atomic E-state index is -0.00910. The summed E-state index contributed by atoms with van der Waals surface area (Å²) in [6.45, 7) is 5.85. The van der Waals surface area contributed by atoms with E-state index in [1.54, 1.807) is 7.11 Å². The van der Waals surface area contributed by atoms with Crippen molar-refractivity contribution in [2.75, 3.05) is 58.3 Å². The normalized spacial score (nSPS) is 15.9. The third-order valence-electron chi connectivity index (χ3n) is 5.06. The Morgan fingerprint density at radius 2 is 2.04 bits per heavy atom. The molecule has 148 valence electrons. The molecule has 28 heavy (non-hydrogen) atoms. The first-order valence-corrected chi connectivity index (χ1v) is 10.4. The number of rotatable bonds is 7. The first-order chi connectivity index (χ1) is 13.7. The summed E-state index contributed by atoms with van der Waals surface area (Å²) in [6, 6.07) is 8.14. The molecule has 0 radical (unpaired) electrons.